The first-order valence-electron chi connectivity index (χ1n) is 4.36. The molecule has 1 amide bonds. The Labute approximate surface area is 81.5 Å². The Morgan fingerprint density at radius 2 is 1.93 bits per heavy atom. The minimum absolute atomic E-state index is 0.270. The standard InChI is InChI=1S/C10H10N2O2/c1-10(2)7-5-3-4-6-8(7)12(11-14)9(10)13/h3-6H,1-2H3. The Morgan fingerprint density at radius 3 is 2.57 bits per heavy atom. The van der Waals surface area contributed by atoms with E-state index in [1.807, 2.05) is 12.1 Å². The van der Waals surface area contributed by atoms with Gasteiger partial charge in [-0.25, -0.2) is 0 Å². The normalized spacial score (nSPS) is 18.1. The second kappa shape index (κ2) is 2.64. The summed E-state index contributed by atoms with van der Waals surface area (Å²) in [5.41, 5.74) is 0.798. The van der Waals surface area contributed by atoms with Crippen LogP contribution in [0.25, 0.3) is 0 Å². The molecule has 0 saturated carbocycles. The SMILES string of the molecule is CC1(C)C(=O)N(N=O)c2ccccc21. The summed E-state index contributed by atoms with van der Waals surface area (Å²) < 4.78 is 0. The van der Waals surface area contributed by atoms with Crippen LogP contribution in [-0.4, -0.2) is 5.91 Å². The molecule has 1 aromatic carbocycles. The Kier molecular flexibility index (Phi) is 1.67. The van der Waals surface area contributed by atoms with Crippen LogP contribution in [0.5, 0.6) is 0 Å². The van der Waals surface area contributed by atoms with Crippen molar-refractivity contribution in [1.82, 2.24) is 0 Å². The summed E-state index contributed by atoms with van der Waals surface area (Å²) in [6.45, 7) is 3.58. The van der Waals surface area contributed by atoms with Gasteiger partial charge in [0.05, 0.1) is 16.4 Å². The van der Waals surface area contributed by atoms with Gasteiger partial charge in [0.15, 0.2) is 0 Å². The van der Waals surface area contributed by atoms with Crippen molar-refractivity contribution in [3.05, 3.63) is 34.7 Å². The van der Waals surface area contributed by atoms with Gasteiger partial charge in [-0.3, -0.25) is 4.79 Å². The van der Waals surface area contributed by atoms with E-state index in [1.165, 1.54) is 0 Å². The van der Waals surface area contributed by atoms with E-state index in [9.17, 15) is 9.70 Å². The lowest BCUT2D eigenvalue weighted by molar-refractivity contribution is -0.122. The average Bonchev–Trinajstić information content (AvgIpc) is 2.37. The summed E-state index contributed by atoms with van der Waals surface area (Å²) in [7, 11) is 0. The monoisotopic (exact) mass is 190 g/mol. The molecule has 4 heteroatoms. The van der Waals surface area contributed by atoms with E-state index >= 15 is 0 Å². The molecule has 0 bridgehead atoms. The minimum Gasteiger partial charge on any atom is -0.271 e. The molecule has 4 nitrogen and oxygen atoms in total. The number of hydrogen-bond acceptors (Lipinski definition) is 3. The molecule has 72 valence electrons. The second-order valence-electron chi connectivity index (χ2n) is 3.84. The Balaban J connectivity index is 2.68. The molecule has 0 spiro atoms. The lowest BCUT2D eigenvalue weighted by Crippen LogP contribution is -2.32. The molecular weight excluding hydrogens is 180 g/mol. The van der Waals surface area contributed by atoms with E-state index in [4.69, 9.17) is 0 Å². The van der Waals surface area contributed by atoms with Crippen molar-refractivity contribution in [2.75, 3.05) is 5.01 Å². The lowest BCUT2D eigenvalue weighted by atomic mass is 9.86. The number of carbonyl (C=O) groups excluding carboxylic acids is 1. The van der Waals surface area contributed by atoms with E-state index in [-0.39, 0.29) is 5.91 Å². The first kappa shape index (κ1) is 8.87. The summed E-state index contributed by atoms with van der Waals surface area (Å²) in [6.07, 6.45) is 0. The number of carbonyl (C=O) groups is 1. The Bertz CT molecular complexity index is 412. The van der Waals surface area contributed by atoms with Gasteiger partial charge in [-0.1, -0.05) is 18.2 Å². The maximum absolute atomic E-state index is 11.7. The highest BCUT2D eigenvalue weighted by molar-refractivity contribution is 6.06. The number of benzene rings is 1. The van der Waals surface area contributed by atoms with Crippen molar-refractivity contribution >= 4 is 11.6 Å². The lowest BCUT2D eigenvalue weighted by Gasteiger charge is -2.14. The molecule has 1 aliphatic rings. The fraction of sp³-hybridized carbons (Fsp3) is 0.300. The third kappa shape index (κ3) is 0.907. The van der Waals surface area contributed by atoms with Crippen molar-refractivity contribution in [2.24, 2.45) is 5.29 Å². The third-order valence-corrected chi connectivity index (χ3v) is 2.61. The minimum atomic E-state index is -0.648. The van der Waals surface area contributed by atoms with Crippen molar-refractivity contribution in [2.45, 2.75) is 19.3 Å². The predicted octanol–water partition coefficient (Wildman–Crippen LogP) is 1.99. The van der Waals surface area contributed by atoms with Gasteiger partial charge in [0.2, 0.25) is 0 Å². The molecule has 1 aliphatic heterocycles. The quantitative estimate of drug-likeness (QED) is 0.636. The highest BCUT2D eigenvalue weighted by Gasteiger charge is 2.44. The van der Waals surface area contributed by atoms with Crippen molar-refractivity contribution in [3.8, 4) is 0 Å². The van der Waals surface area contributed by atoms with E-state index in [0.29, 0.717) is 5.69 Å². The maximum Gasteiger partial charge on any atom is 0.260 e. The van der Waals surface area contributed by atoms with Crippen LogP contribution in [0, 0.1) is 4.91 Å². The summed E-state index contributed by atoms with van der Waals surface area (Å²) in [5.74, 6) is -0.270. The first-order valence-corrected chi connectivity index (χ1v) is 4.36. The van der Waals surface area contributed by atoms with E-state index in [2.05, 4.69) is 5.29 Å². The maximum atomic E-state index is 11.7. The van der Waals surface area contributed by atoms with Gasteiger partial charge in [-0.2, -0.15) is 5.01 Å². The predicted molar refractivity (Wildman–Crippen MR) is 52.7 cm³/mol. The molecule has 0 fully saturated rings. The highest BCUT2D eigenvalue weighted by atomic mass is 16.3. The van der Waals surface area contributed by atoms with Gasteiger partial charge in [0.1, 0.15) is 0 Å². The number of rotatable bonds is 1. The van der Waals surface area contributed by atoms with Crippen LogP contribution in [0.3, 0.4) is 0 Å². The summed E-state index contributed by atoms with van der Waals surface area (Å²) in [5, 5.41) is 3.67. The third-order valence-electron chi connectivity index (χ3n) is 2.61. The number of fused-ring (bicyclic) bond motifs is 1. The van der Waals surface area contributed by atoms with Crippen LogP contribution in [-0.2, 0) is 10.2 Å². The van der Waals surface area contributed by atoms with Gasteiger partial charge in [-0.15, -0.1) is 4.91 Å². The smallest absolute Gasteiger partial charge is 0.260 e. The summed E-state index contributed by atoms with van der Waals surface area (Å²) >= 11 is 0. The van der Waals surface area contributed by atoms with Crippen LogP contribution in [0.15, 0.2) is 29.6 Å². The zero-order valence-electron chi connectivity index (χ0n) is 8.02. The molecule has 0 saturated heterocycles. The fourth-order valence-corrected chi connectivity index (χ4v) is 1.76. The molecule has 0 atom stereocenters. The fourth-order valence-electron chi connectivity index (χ4n) is 1.76. The van der Waals surface area contributed by atoms with E-state index in [1.54, 1.807) is 26.0 Å². The van der Waals surface area contributed by atoms with Gasteiger partial charge in [-0.05, 0) is 25.5 Å². The largest absolute Gasteiger partial charge is 0.271 e. The zero-order valence-corrected chi connectivity index (χ0v) is 8.02. The average molecular weight is 190 g/mol. The Hall–Kier alpha value is -1.71. The molecule has 0 unspecified atom stereocenters. The summed E-state index contributed by atoms with van der Waals surface area (Å²) in [4.78, 5) is 22.3. The number of amides is 1. The summed E-state index contributed by atoms with van der Waals surface area (Å²) in [6, 6.07) is 7.20. The highest BCUT2D eigenvalue weighted by Crippen LogP contribution is 2.41. The molecule has 1 aromatic rings. The number of para-hydroxylation sites is 1. The molecule has 14 heavy (non-hydrogen) atoms. The molecule has 0 aromatic heterocycles. The molecule has 0 aliphatic carbocycles. The first-order chi connectivity index (χ1) is 6.59. The molecule has 2 rings (SSSR count). The topological polar surface area (TPSA) is 49.7 Å². The van der Waals surface area contributed by atoms with Gasteiger partial charge in [0.25, 0.3) is 5.91 Å². The number of hydrogen-bond donors (Lipinski definition) is 0. The van der Waals surface area contributed by atoms with Crippen LogP contribution in [0.1, 0.15) is 19.4 Å². The van der Waals surface area contributed by atoms with Crippen LogP contribution >= 0.6 is 0 Å². The number of nitroso groups, excluding NO2 is 1. The van der Waals surface area contributed by atoms with Crippen molar-refractivity contribution in [1.29, 1.82) is 0 Å². The number of nitrogens with zero attached hydrogens (tertiary/aromatic N) is 2. The van der Waals surface area contributed by atoms with Gasteiger partial charge < -0.3 is 0 Å². The van der Waals surface area contributed by atoms with Gasteiger partial charge >= 0.3 is 0 Å². The Morgan fingerprint density at radius 1 is 1.29 bits per heavy atom. The molecule has 1 heterocycles. The van der Waals surface area contributed by atoms with Crippen molar-refractivity contribution in [3.63, 3.8) is 0 Å². The molecule has 0 N–H and O–H groups in total. The zero-order chi connectivity index (χ0) is 10.3. The van der Waals surface area contributed by atoms with E-state index in [0.717, 1.165) is 10.6 Å². The van der Waals surface area contributed by atoms with Gasteiger partial charge in [0, 0.05) is 0 Å². The molecular formula is C10H10N2O2. The van der Waals surface area contributed by atoms with Crippen LogP contribution < -0.4 is 5.01 Å². The van der Waals surface area contributed by atoms with Crippen LogP contribution in [0.4, 0.5) is 5.69 Å². The molecule has 0 radical (unpaired) electrons. The number of anilines is 1. The van der Waals surface area contributed by atoms with Crippen molar-refractivity contribution < 1.29 is 4.79 Å². The second-order valence-corrected chi connectivity index (χ2v) is 3.84. The van der Waals surface area contributed by atoms with Crippen LogP contribution in [0.2, 0.25) is 0 Å². The van der Waals surface area contributed by atoms with E-state index < -0.39 is 5.41 Å².